The zero-order valence-corrected chi connectivity index (χ0v) is 8.13. The monoisotopic (exact) mass is 190 g/mol. The molecule has 0 aliphatic carbocycles. The summed E-state index contributed by atoms with van der Waals surface area (Å²) in [5.74, 6) is 0.636. The summed E-state index contributed by atoms with van der Waals surface area (Å²) >= 11 is 1.41. The fourth-order valence-corrected chi connectivity index (χ4v) is 1.63. The lowest BCUT2D eigenvalue weighted by molar-refractivity contribution is -0.121. The molecule has 0 aromatic heterocycles. The molecule has 0 saturated carbocycles. The number of amides is 1. The number of nitrogens with two attached hydrogens (primary N) is 1. The second-order valence-corrected chi connectivity index (χ2v) is 3.66. The first kappa shape index (κ1) is 11.4. The summed E-state index contributed by atoms with van der Waals surface area (Å²) in [6.07, 6.45) is 0.818. The molecule has 0 saturated heterocycles. The molecule has 0 aromatic rings. The molecule has 0 heterocycles. The van der Waals surface area contributed by atoms with Gasteiger partial charge in [-0.3, -0.25) is 9.69 Å². The molecule has 5 heteroatoms. The van der Waals surface area contributed by atoms with E-state index in [9.17, 15) is 9.59 Å². The number of primary amides is 1. The predicted octanol–water partition coefficient (Wildman–Crippen LogP) is -0.666. The van der Waals surface area contributed by atoms with Crippen LogP contribution >= 0.6 is 11.8 Å². The highest BCUT2D eigenvalue weighted by Gasteiger charge is 2.16. The lowest BCUT2D eigenvalue weighted by atomic mass is 10.3. The third-order valence-corrected chi connectivity index (χ3v) is 2.34. The Bertz CT molecular complexity index is 161. The van der Waals surface area contributed by atoms with E-state index in [1.165, 1.54) is 11.8 Å². The number of nitrogens with zero attached hydrogens (tertiary/aromatic N) is 1. The zero-order chi connectivity index (χ0) is 9.56. The van der Waals surface area contributed by atoms with Gasteiger partial charge in [-0.25, -0.2) is 0 Å². The molecule has 0 aromatic carbocycles. The third-order valence-electron chi connectivity index (χ3n) is 1.41. The van der Waals surface area contributed by atoms with Gasteiger partial charge < -0.3 is 10.5 Å². The fourth-order valence-electron chi connectivity index (χ4n) is 0.713. The number of carbonyl (C=O) groups is 2. The highest BCUT2D eigenvalue weighted by Crippen LogP contribution is 2.04. The van der Waals surface area contributed by atoms with Gasteiger partial charge in [0, 0.05) is 11.5 Å². The summed E-state index contributed by atoms with van der Waals surface area (Å²) < 4.78 is 0. The maximum atomic E-state index is 10.8. The molecule has 1 amide bonds. The second-order valence-electron chi connectivity index (χ2n) is 2.59. The maximum absolute atomic E-state index is 10.8. The SMILES string of the molecule is CN(C)[C@H](CSCC=O)C(N)=O. The highest BCUT2D eigenvalue weighted by atomic mass is 32.2. The van der Waals surface area contributed by atoms with Crippen molar-refractivity contribution in [2.45, 2.75) is 6.04 Å². The Morgan fingerprint density at radius 3 is 2.58 bits per heavy atom. The van der Waals surface area contributed by atoms with Crippen LogP contribution in [0, 0.1) is 0 Å². The Morgan fingerprint density at radius 2 is 2.25 bits per heavy atom. The number of rotatable bonds is 6. The van der Waals surface area contributed by atoms with Crippen molar-refractivity contribution in [2.75, 3.05) is 25.6 Å². The molecule has 0 radical (unpaired) electrons. The lowest BCUT2D eigenvalue weighted by Crippen LogP contribution is -2.42. The minimum Gasteiger partial charge on any atom is -0.368 e. The first-order valence-corrected chi connectivity index (χ1v) is 4.72. The molecular weight excluding hydrogens is 176 g/mol. The van der Waals surface area contributed by atoms with E-state index >= 15 is 0 Å². The Hall–Kier alpha value is -0.550. The quantitative estimate of drug-likeness (QED) is 0.446. The van der Waals surface area contributed by atoms with Gasteiger partial charge in [-0.2, -0.15) is 11.8 Å². The number of thioether (sulfide) groups is 1. The van der Waals surface area contributed by atoms with Crippen molar-refractivity contribution in [3.05, 3.63) is 0 Å². The van der Waals surface area contributed by atoms with Crippen LogP contribution in [-0.4, -0.2) is 48.7 Å². The third kappa shape index (κ3) is 4.35. The molecule has 0 rings (SSSR count). The number of hydrogen-bond donors (Lipinski definition) is 1. The average Bonchev–Trinajstić information content (AvgIpc) is 1.96. The van der Waals surface area contributed by atoms with Gasteiger partial charge >= 0.3 is 0 Å². The van der Waals surface area contributed by atoms with Crippen molar-refractivity contribution in [3.63, 3.8) is 0 Å². The number of hydrogen-bond acceptors (Lipinski definition) is 4. The van der Waals surface area contributed by atoms with Gasteiger partial charge in [0.15, 0.2) is 0 Å². The van der Waals surface area contributed by atoms with E-state index < -0.39 is 0 Å². The Kier molecular flexibility index (Phi) is 5.74. The number of likely N-dealkylation sites (N-methyl/N-ethyl adjacent to an activating group) is 1. The molecule has 2 N–H and O–H groups in total. The van der Waals surface area contributed by atoms with Gasteiger partial charge in [0.2, 0.25) is 5.91 Å². The molecular formula is C7H14N2O2S. The first-order chi connectivity index (χ1) is 5.59. The first-order valence-electron chi connectivity index (χ1n) is 3.56. The van der Waals surface area contributed by atoms with E-state index in [1.54, 1.807) is 19.0 Å². The van der Waals surface area contributed by atoms with Crippen LogP contribution in [0.5, 0.6) is 0 Å². The molecule has 0 bridgehead atoms. The summed E-state index contributed by atoms with van der Waals surface area (Å²) in [6.45, 7) is 0. The van der Waals surface area contributed by atoms with Crippen LogP contribution in [-0.2, 0) is 9.59 Å². The van der Waals surface area contributed by atoms with Gasteiger partial charge in [-0.15, -0.1) is 0 Å². The average molecular weight is 190 g/mol. The fraction of sp³-hybridized carbons (Fsp3) is 0.714. The van der Waals surface area contributed by atoms with Crippen LogP contribution < -0.4 is 5.73 Å². The summed E-state index contributed by atoms with van der Waals surface area (Å²) in [7, 11) is 3.58. The van der Waals surface area contributed by atoms with Crippen LogP contribution in [0.4, 0.5) is 0 Å². The standard InChI is InChI=1S/C7H14N2O2S/c1-9(2)6(7(8)11)5-12-4-3-10/h3,6H,4-5H2,1-2H3,(H2,8,11)/t6-/m1/s1. The molecule has 12 heavy (non-hydrogen) atoms. The van der Waals surface area contributed by atoms with Gasteiger partial charge in [0.1, 0.15) is 6.29 Å². The minimum absolute atomic E-state index is 0.282. The van der Waals surface area contributed by atoms with Crippen LogP contribution in [0.1, 0.15) is 0 Å². The van der Waals surface area contributed by atoms with E-state index in [-0.39, 0.29) is 11.9 Å². The summed E-state index contributed by atoms with van der Waals surface area (Å²) in [5, 5.41) is 0. The zero-order valence-electron chi connectivity index (χ0n) is 7.32. The van der Waals surface area contributed by atoms with E-state index in [4.69, 9.17) is 5.73 Å². The van der Waals surface area contributed by atoms with Crippen molar-refractivity contribution in [3.8, 4) is 0 Å². The van der Waals surface area contributed by atoms with Crippen molar-refractivity contribution in [1.29, 1.82) is 0 Å². The van der Waals surface area contributed by atoms with Gasteiger partial charge in [-0.05, 0) is 14.1 Å². The molecule has 0 fully saturated rings. The van der Waals surface area contributed by atoms with Crippen LogP contribution in [0.3, 0.4) is 0 Å². The summed E-state index contributed by atoms with van der Waals surface area (Å²) in [4.78, 5) is 22.5. The van der Waals surface area contributed by atoms with Crippen molar-refractivity contribution >= 4 is 24.0 Å². The predicted molar refractivity (Wildman–Crippen MR) is 50.1 cm³/mol. The van der Waals surface area contributed by atoms with E-state index in [0.29, 0.717) is 11.5 Å². The smallest absolute Gasteiger partial charge is 0.235 e. The van der Waals surface area contributed by atoms with E-state index in [1.807, 2.05) is 0 Å². The highest BCUT2D eigenvalue weighted by molar-refractivity contribution is 7.99. The van der Waals surface area contributed by atoms with Crippen molar-refractivity contribution < 1.29 is 9.59 Å². The lowest BCUT2D eigenvalue weighted by Gasteiger charge is -2.19. The molecule has 70 valence electrons. The number of aldehydes is 1. The Balaban J connectivity index is 3.79. The van der Waals surface area contributed by atoms with Gasteiger partial charge in [0.25, 0.3) is 0 Å². The van der Waals surface area contributed by atoms with E-state index in [0.717, 1.165) is 6.29 Å². The van der Waals surface area contributed by atoms with E-state index in [2.05, 4.69) is 0 Å². The molecule has 0 spiro atoms. The molecule has 4 nitrogen and oxygen atoms in total. The molecule has 1 atom stereocenters. The van der Waals surface area contributed by atoms with Crippen LogP contribution in [0.25, 0.3) is 0 Å². The number of carbonyl (C=O) groups excluding carboxylic acids is 2. The summed E-state index contributed by atoms with van der Waals surface area (Å²) in [6, 6.07) is -0.282. The van der Waals surface area contributed by atoms with Crippen LogP contribution in [0.15, 0.2) is 0 Å². The Morgan fingerprint density at radius 1 is 1.67 bits per heavy atom. The second kappa shape index (κ2) is 6.02. The van der Waals surface area contributed by atoms with Crippen molar-refractivity contribution in [1.82, 2.24) is 4.90 Å². The molecule has 0 aliphatic rings. The van der Waals surface area contributed by atoms with Crippen molar-refractivity contribution in [2.24, 2.45) is 5.73 Å². The maximum Gasteiger partial charge on any atom is 0.235 e. The van der Waals surface area contributed by atoms with Gasteiger partial charge in [-0.1, -0.05) is 0 Å². The molecule has 0 aliphatic heterocycles. The van der Waals surface area contributed by atoms with Crippen LogP contribution in [0.2, 0.25) is 0 Å². The molecule has 0 unspecified atom stereocenters. The minimum atomic E-state index is -0.349. The largest absolute Gasteiger partial charge is 0.368 e. The normalized spacial score (nSPS) is 12.9. The Labute approximate surface area is 76.5 Å². The summed E-state index contributed by atoms with van der Waals surface area (Å²) in [5.41, 5.74) is 5.14. The topological polar surface area (TPSA) is 63.4 Å². The van der Waals surface area contributed by atoms with Gasteiger partial charge in [0.05, 0.1) is 6.04 Å².